The molecule has 1 saturated heterocycles. The smallest absolute Gasteiger partial charge is 0.334 e. The van der Waals surface area contributed by atoms with Gasteiger partial charge in [-0.2, -0.15) is 0 Å². The molecule has 1 fully saturated rings. The Hall–Kier alpha value is -1.77. The molecular formula is C14H14O3. The fourth-order valence-corrected chi connectivity index (χ4v) is 2.88. The van der Waals surface area contributed by atoms with Crippen LogP contribution in [0.3, 0.4) is 0 Å². The van der Waals surface area contributed by atoms with Crippen molar-refractivity contribution in [1.29, 1.82) is 0 Å². The molecule has 1 aliphatic carbocycles. The van der Waals surface area contributed by atoms with Crippen LogP contribution in [0, 0.1) is 12.8 Å². The summed E-state index contributed by atoms with van der Waals surface area (Å²) in [7, 11) is 1.67. The summed E-state index contributed by atoms with van der Waals surface area (Å²) in [5, 5.41) is 0. The molecule has 0 aromatic heterocycles. The van der Waals surface area contributed by atoms with E-state index in [0.29, 0.717) is 5.57 Å². The van der Waals surface area contributed by atoms with Crippen molar-refractivity contribution >= 4 is 5.97 Å². The van der Waals surface area contributed by atoms with E-state index in [1.165, 1.54) is 0 Å². The maximum atomic E-state index is 11.5. The monoisotopic (exact) mass is 230 g/mol. The van der Waals surface area contributed by atoms with Crippen LogP contribution in [0.1, 0.15) is 22.8 Å². The lowest BCUT2D eigenvalue weighted by Crippen LogP contribution is -2.02. The van der Waals surface area contributed by atoms with Crippen LogP contribution in [-0.4, -0.2) is 13.1 Å². The van der Waals surface area contributed by atoms with Gasteiger partial charge >= 0.3 is 5.97 Å². The van der Waals surface area contributed by atoms with Crippen molar-refractivity contribution in [3.05, 3.63) is 41.0 Å². The number of rotatable bonds is 1. The normalized spacial score (nSPS) is 25.5. The maximum absolute atomic E-state index is 11.5. The second-order valence-corrected chi connectivity index (χ2v) is 4.64. The van der Waals surface area contributed by atoms with Crippen LogP contribution in [0.15, 0.2) is 24.3 Å². The molecule has 0 amide bonds. The average Bonchev–Trinajstić information content (AvgIpc) is 2.80. The SMILES string of the molecule is C=C1C(=O)OC2c3c(C)ccc(OC)c3CC12. The average molecular weight is 230 g/mol. The van der Waals surface area contributed by atoms with E-state index in [9.17, 15) is 4.79 Å². The van der Waals surface area contributed by atoms with E-state index in [1.807, 2.05) is 19.1 Å². The molecule has 0 radical (unpaired) electrons. The number of benzene rings is 1. The molecule has 0 bridgehead atoms. The molecule has 0 saturated carbocycles. The summed E-state index contributed by atoms with van der Waals surface area (Å²) < 4.78 is 10.8. The predicted molar refractivity (Wildman–Crippen MR) is 62.9 cm³/mol. The fourth-order valence-electron chi connectivity index (χ4n) is 2.88. The summed E-state index contributed by atoms with van der Waals surface area (Å²) in [5.74, 6) is 0.712. The molecule has 88 valence electrons. The minimum Gasteiger partial charge on any atom is -0.496 e. The molecule has 3 rings (SSSR count). The lowest BCUT2D eigenvalue weighted by molar-refractivity contribution is -0.139. The summed E-state index contributed by atoms with van der Waals surface area (Å²) in [5.41, 5.74) is 4.01. The zero-order chi connectivity index (χ0) is 12.2. The van der Waals surface area contributed by atoms with Crippen molar-refractivity contribution in [2.75, 3.05) is 7.11 Å². The van der Waals surface area contributed by atoms with Gasteiger partial charge in [0.05, 0.1) is 7.11 Å². The third-order valence-corrected chi connectivity index (χ3v) is 3.77. The van der Waals surface area contributed by atoms with Crippen LogP contribution in [0.5, 0.6) is 5.75 Å². The summed E-state index contributed by atoms with van der Waals surface area (Å²) in [6.07, 6.45) is 0.634. The molecular weight excluding hydrogens is 216 g/mol. The molecule has 2 atom stereocenters. The first-order chi connectivity index (χ1) is 8.13. The van der Waals surface area contributed by atoms with Crippen molar-refractivity contribution in [3.8, 4) is 5.75 Å². The number of ether oxygens (including phenoxy) is 2. The fraction of sp³-hybridized carbons (Fsp3) is 0.357. The molecule has 2 aliphatic rings. The minimum absolute atomic E-state index is 0.0903. The van der Waals surface area contributed by atoms with Crippen molar-refractivity contribution in [1.82, 2.24) is 0 Å². The van der Waals surface area contributed by atoms with Crippen molar-refractivity contribution in [2.24, 2.45) is 5.92 Å². The van der Waals surface area contributed by atoms with Gasteiger partial charge in [-0.1, -0.05) is 12.6 Å². The third kappa shape index (κ3) is 1.25. The number of methoxy groups -OCH3 is 1. The van der Waals surface area contributed by atoms with E-state index in [1.54, 1.807) is 7.11 Å². The Morgan fingerprint density at radius 1 is 1.47 bits per heavy atom. The number of hydrogen-bond acceptors (Lipinski definition) is 3. The molecule has 0 spiro atoms. The van der Waals surface area contributed by atoms with Gasteiger partial charge in [-0.3, -0.25) is 0 Å². The first-order valence-electron chi connectivity index (χ1n) is 5.69. The van der Waals surface area contributed by atoms with E-state index in [4.69, 9.17) is 9.47 Å². The van der Waals surface area contributed by atoms with Gasteiger partial charge in [-0.05, 0) is 25.0 Å². The lowest BCUT2D eigenvalue weighted by Gasteiger charge is -2.13. The van der Waals surface area contributed by atoms with E-state index < -0.39 is 0 Å². The largest absolute Gasteiger partial charge is 0.496 e. The van der Waals surface area contributed by atoms with Crippen molar-refractivity contribution < 1.29 is 14.3 Å². The minimum atomic E-state index is -0.257. The highest BCUT2D eigenvalue weighted by molar-refractivity contribution is 5.91. The maximum Gasteiger partial charge on any atom is 0.334 e. The molecule has 1 aromatic rings. The van der Waals surface area contributed by atoms with Crippen molar-refractivity contribution in [2.45, 2.75) is 19.4 Å². The van der Waals surface area contributed by atoms with Gasteiger partial charge in [0.2, 0.25) is 0 Å². The van der Waals surface area contributed by atoms with Gasteiger partial charge in [0.1, 0.15) is 11.9 Å². The van der Waals surface area contributed by atoms with Gasteiger partial charge in [0.15, 0.2) is 0 Å². The molecule has 3 heteroatoms. The summed E-state index contributed by atoms with van der Waals surface area (Å²) >= 11 is 0. The Bertz CT molecular complexity index is 531. The van der Waals surface area contributed by atoms with Crippen LogP contribution < -0.4 is 4.74 Å². The zero-order valence-corrected chi connectivity index (χ0v) is 9.95. The van der Waals surface area contributed by atoms with E-state index in [-0.39, 0.29) is 18.0 Å². The highest BCUT2D eigenvalue weighted by atomic mass is 16.6. The van der Waals surface area contributed by atoms with Gasteiger partial charge < -0.3 is 9.47 Å². The molecule has 2 unspecified atom stereocenters. The zero-order valence-electron chi connectivity index (χ0n) is 9.95. The molecule has 1 heterocycles. The van der Waals surface area contributed by atoms with E-state index >= 15 is 0 Å². The Balaban J connectivity index is 2.16. The van der Waals surface area contributed by atoms with E-state index in [2.05, 4.69) is 6.58 Å². The van der Waals surface area contributed by atoms with Gasteiger partial charge in [0.25, 0.3) is 0 Å². The number of aryl methyl sites for hydroxylation is 1. The van der Waals surface area contributed by atoms with Crippen LogP contribution in [0.25, 0.3) is 0 Å². The molecule has 1 aliphatic heterocycles. The third-order valence-electron chi connectivity index (χ3n) is 3.77. The lowest BCUT2D eigenvalue weighted by atomic mass is 9.97. The summed E-state index contributed by atoms with van der Waals surface area (Å²) in [6, 6.07) is 3.98. The number of hydrogen-bond donors (Lipinski definition) is 0. The van der Waals surface area contributed by atoms with E-state index in [0.717, 1.165) is 28.9 Å². The topological polar surface area (TPSA) is 35.5 Å². The second-order valence-electron chi connectivity index (χ2n) is 4.64. The van der Waals surface area contributed by atoms with Crippen molar-refractivity contribution in [3.63, 3.8) is 0 Å². The van der Waals surface area contributed by atoms with Gasteiger partial charge in [-0.15, -0.1) is 0 Å². The molecule has 0 N–H and O–H groups in total. The van der Waals surface area contributed by atoms with Crippen LogP contribution >= 0.6 is 0 Å². The Morgan fingerprint density at radius 2 is 2.24 bits per heavy atom. The van der Waals surface area contributed by atoms with Gasteiger partial charge in [-0.25, -0.2) is 4.79 Å². The summed E-state index contributed by atoms with van der Waals surface area (Å²) in [6.45, 7) is 5.87. The quantitative estimate of drug-likeness (QED) is 0.548. The Labute approximate surface area is 100 Å². The van der Waals surface area contributed by atoms with Gasteiger partial charge in [0, 0.05) is 22.6 Å². The number of esters is 1. The first-order valence-corrected chi connectivity index (χ1v) is 5.69. The van der Waals surface area contributed by atoms with Crippen LogP contribution in [-0.2, 0) is 16.0 Å². The highest BCUT2D eigenvalue weighted by Crippen LogP contribution is 2.50. The molecule has 1 aromatic carbocycles. The Kier molecular flexibility index (Phi) is 2.05. The van der Waals surface area contributed by atoms with Crippen LogP contribution in [0.4, 0.5) is 0 Å². The molecule has 17 heavy (non-hydrogen) atoms. The predicted octanol–water partition coefficient (Wildman–Crippen LogP) is 2.33. The summed E-state index contributed by atoms with van der Waals surface area (Å²) in [4.78, 5) is 11.5. The number of carbonyl (C=O) groups excluding carboxylic acids is 1. The van der Waals surface area contributed by atoms with Crippen LogP contribution in [0.2, 0.25) is 0 Å². The second kappa shape index (κ2) is 3.36. The Morgan fingerprint density at radius 3 is 2.94 bits per heavy atom. The number of carbonyl (C=O) groups is 1. The number of fused-ring (bicyclic) bond motifs is 3. The standard InChI is InChI=1S/C14H14O3/c1-7-4-5-11(16-3)10-6-9-8(2)14(15)17-13(9)12(7)10/h4-5,9,13H,2,6H2,1,3H3. The molecule has 3 nitrogen and oxygen atoms in total. The first kappa shape index (κ1) is 10.4. The highest BCUT2D eigenvalue weighted by Gasteiger charge is 2.46.